The zero-order valence-electron chi connectivity index (χ0n) is 10.6. The lowest BCUT2D eigenvalue weighted by atomic mass is 10.4. The van der Waals surface area contributed by atoms with Crippen molar-refractivity contribution in [3.63, 3.8) is 0 Å². The maximum absolute atomic E-state index is 5.35. The van der Waals surface area contributed by atoms with E-state index in [1.807, 2.05) is 13.0 Å². The van der Waals surface area contributed by atoms with Gasteiger partial charge in [-0.25, -0.2) is 15.8 Å². The van der Waals surface area contributed by atoms with Crippen LogP contribution in [0.2, 0.25) is 0 Å². The standard InChI is InChI=1S/C11H19N5O2/c1-3-18-10-5-4-9(8-14-10)15-11(16-12)13-6-7-17-2/h4-5,8H,3,6-7,12H2,1-2H3,(H2,13,15,16). The Kier molecular flexibility index (Phi) is 6.52. The Morgan fingerprint density at radius 2 is 2.33 bits per heavy atom. The highest BCUT2D eigenvalue weighted by molar-refractivity contribution is 5.93. The molecule has 0 radical (unpaired) electrons. The molecule has 1 aromatic heterocycles. The average molecular weight is 253 g/mol. The van der Waals surface area contributed by atoms with Crippen molar-refractivity contribution in [1.29, 1.82) is 0 Å². The minimum atomic E-state index is 0.456. The zero-order valence-corrected chi connectivity index (χ0v) is 10.6. The molecule has 1 aromatic rings. The molecule has 1 heterocycles. The van der Waals surface area contributed by atoms with Crippen LogP contribution >= 0.6 is 0 Å². The minimum Gasteiger partial charge on any atom is -0.478 e. The fraction of sp³-hybridized carbons (Fsp3) is 0.455. The largest absolute Gasteiger partial charge is 0.478 e. The van der Waals surface area contributed by atoms with Gasteiger partial charge in [-0.2, -0.15) is 0 Å². The molecule has 7 heteroatoms. The third-order valence-electron chi connectivity index (χ3n) is 1.99. The van der Waals surface area contributed by atoms with Crippen LogP contribution in [0, 0.1) is 0 Å². The number of guanidine groups is 1. The monoisotopic (exact) mass is 253 g/mol. The van der Waals surface area contributed by atoms with Crippen LogP contribution < -0.4 is 21.3 Å². The molecule has 0 aromatic carbocycles. The summed E-state index contributed by atoms with van der Waals surface area (Å²) in [5.74, 6) is 6.39. The quantitative estimate of drug-likeness (QED) is 0.223. The molecule has 0 aliphatic rings. The number of nitrogens with zero attached hydrogens (tertiary/aromatic N) is 2. The number of aliphatic imine (C=N–C) groups is 1. The lowest BCUT2D eigenvalue weighted by Crippen LogP contribution is -2.36. The zero-order chi connectivity index (χ0) is 13.2. The van der Waals surface area contributed by atoms with Crippen molar-refractivity contribution < 1.29 is 9.47 Å². The first kappa shape index (κ1) is 14.2. The Morgan fingerprint density at radius 1 is 1.50 bits per heavy atom. The van der Waals surface area contributed by atoms with Gasteiger partial charge in [0.05, 0.1) is 31.6 Å². The van der Waals surface area contributed by atoms with Gasteiger partial charge >= 0.3 is 0 Å². The van der Waals surface area contributed by atoms with Crippen LogP contribution in [-0.4, -0.2) is 37.8 Å². The number of anilines is 1. The molecule has 100 valence electrons. The van der Waals surface area contributed by atoms with Gasteiger partial charge in [0.25, 0.3) is 0 Å². The Hall–Kier alpha value is -1.86. The summed E-state index contributed by atoms with van der Waals surface area (Å²) in [7, 11) is 1.62. The summed E-state index contributed by atoms with van der Waals surface area (Å²) in [5.41, 5.74) is 3.24. The molecule has 0 saturated heterocycles. The number of hydrogen-bond donors (Lipinski definition) is 3. The van der Waals surface area contributed by atoms with E-state index in [1.54, 1.807) is 19.4 Å². The lowest BCUT2D eigenvalue weighted by Gasteiger charge is -2.09. The summed E-state index contributed by atoms with van der Waals surface area (Å²) in [5, 5.41) is 3.00. The van der Waals surface area contributed by atoms with E-state index in [4.69, 9.17) is 15.3 Å². The number of pyridine rings is 1. The van der Waals surface area contributed by atoms with Gasteiger partial charge in [-0.15, -0.1) is 0 Å². The molecule has 0 aliphatic heterocycles. The van der Waals surface area contributed by atoms with Gasteiger partial charge < -0.3 is 14.8 Å². The number of nitrogens with one attached hydrogen (secondary N) is 2. The van der Waals surface area contributed by atoms with Crippen molar-refractivity contribution in [3.8, 4) is 5.88 Å². The molecule has 0 bridgehead atoms. The molecule has 7 nitrogen and oxygen atoms in total. The first-order valence-electron chi connectivity index (χ1n) is 5.66. The van der Waals surface area contributed by atoms with E-state index in [0.717, 1.165) is 5.69 Å². The number of hydrazine groups is 1. The van der Waals surface area contributed by atoms with E-state index in [9.17, 15) is 0 Å². The molecule has 0 unspecified atom stereocenters. The maximum Gasteiger partial charge on any atom is 0.213 e. The predicted molar refractivity (Wildman–Crippen MR) is 70.5 cm³/mol. The molecular weight excluding hydrogens is 234 g/mol. The van der Waals surface area contributed by atoms with Crippen molar-refractivity contribution in [2.24, 2.45) is 10.8 Å². The normalized spacial score (nSPS) is 11.2. The van der Waals surface area contributed by atoms with Crippen LogP contribution in [0.15, 0.2) is 23.3 Å². The van der Waals surface area contributed by atoms with Gasteiger partial charge in [0.2, 0.25) is 11.8 Å². The molecule has 0 spiro atoms. The van der Waals surface area contributed by atoms with E-state index in [0.29, 0.717) is 31.6 Å². The average Bonchev–Trinajstić information content (AvgIpc) is 2.40. The fourth-order valence-electron chi connectivity index (χ4n) is 1.19. The second-order valence-corrected chi connectivity index (χ2v) is 3.31. The summed E-state index contributed by atoms with van der Waals surface area (Å²) in [6, 6.07) is 3.61. The second-order valence-electron chi connectivity index (χ2n) is 3.31. The van der Waals surface area contributed by atoms with Crippen LogP contribution in [0.1, 0.15) is 6.92 Å². The molecular formula is C11H19N5O2. The molecule has 0 atom stereocenters. The van der Waals surface area contributed by atoms with Gasteiger partial charge in [-0.3, -0.25) is 5.43 Å². The third-order valence-corrected chi connectivity index (χ3v) is 1.99. The number of rotatable bonds is 6. The molecule has 0 amide bonds. The van der Waals surface area contributed by atoms with Crippen molar-refractivity contribution in [1.82, 2.24) is 10.4 Å². The summed E-state index contributed by atoms with van der Waals surface area (Å²) >= 11 is 0. The van der Waals surface area contributed by atoms with Gasteiger partial charge in [-0.05, 0) is 13.0 Å². The highest BCUT2D eigenvalue weighted by Gasteiger charge is 1.99. The van der Waals surface area contributed by atoms with Crippen molar-refractivity contribution in [2.75, 3.05) is 32.2 Å². The molecule has 0 saturated carbocycles. The summed E-state index contributed by atoms with van der Waals surface area (Å²) in [4.78, 5) is 8.29. The molecule has 18 heavy (non-hydrogen) atoms. The maximum atomic E-state index is 5.35. The van der Waals surface area contributed by atoms with Crippen LogP contribution in [0.4, 0.5) is 5.69 Å². The molecule has 4 N–H and O–H groups in total. The molecule has 1 rings (SSSR count). The fourth-order valence-corrected chi connectivity index (χ4v) is 1.19. The third kappa shape index (κ3) is 4.98. The Bertz CT molecular complexity index is 366. The Balaban J connectivity index is 2.55. The predicted octanol–water partition coefficient (Wildman–Crippen LogP) is 0.358. The first-order chi connectivity index (χ1) is 8.80. The number of ether oxygens (including phenoxy) is 2. The highest BCUT2D eigenvalue weighted by Crippen LogP contribution is 2.11. The van der Waals surface area contributed by atoms with E-state index in [-0.39, 0.29) is 0 Å². The summed E-state index contributed by atoms with van der Waals surface area (Å²) in [6.45, 7) is 3.56. The molecule has 0 aliphatic carbocycles. The van der Waals surface area contributed by atoms with Crippen molar-refractivity contribution in [2.45, 2.75) is 6.92 Å². The second kappa shape index (κ2) is 8.26. The highest BCUT2D eigenvalue weighted by atomic mass is 16.5. The Labute approximate surface area is 106 Å². The number of aromatic nitrogens is 1. The number of nitrogens with two attached hydrogens (primary N) is 1. The Morgan fingerprint density at radius 3 is 2.89 bits per heavy atom. The van der Waals surface area contributed by atoms with Crippen LogP contribution in [-0.2, 0) is 4.74 Å². The van der Waals surface area contributed by atoms with Gasteiger partial charge in [0.15, 0.2) is 0 Å². The SMILES string of the molecule is CCOc1ccc(NC(=NCCOC)NN)cn1. The lowest BCUT2D eigenvalue weighted by molar-refractivity contribution is 0.208. The number of methoxy groups -OCH3 is 1. The van der Waals surface area contributed by atoms with Gasteiger partial charge in [-0.1, -0.05) is 0 Å². The van der Waals surface area contributed by atoms with Gasteiger partial charge in [0.1, 0.15) is 0 Å². The number of hydrogen-bond acceptors (Lipinski definition) is 5. The van der Waals surface area contributed by atoms with Gasteiger partial charge in [0, 0.05) is 13.2 Å². The minimum absolute atomic E-state index is 0.456. The topological polar surface area (TPSA) is 93.8 Å². The van der Waals surface area contributed by atoms with E-state index in [1.165, 1.54) is 0 Å². The first-order valence-corrected chi connectivity index (χ1v) is 5.66. The summed E-state index contributed by atoms with van der Waals surface area (Å²) in [6.07, 6.45) is 1.65. The van der Waals surface area contributed by atoms with Crippen LogP contribution in [0.3, 0.4) is 0 Å². The van der Waals surface area contributed by atoms with E-state index >= 15 is 0 Å². The van der Waals surface area contributed by atoms with Crippen molar-refractivity contribution >= 4 is 11.6 Å². The molecule has 0 fully saturated rings. The van der Waals surface area contributed by atoms with Crippen LogP contribution in [0.5, 0.6) is 5.88 Å². The van der Waals surface area contributed by atoms with E-state index in [2.05, 4.69) is 20.7 Å². The van der Waals surface area contributed by atoms with Crippen LogP contribution in [0.25, 0.3) is 0 Å². The smallest absolute Gasteiger partial charge is 0.213 e. The summed E-state index contributed by atoms with van der Waals surface area (Å²) < 4.78 is 10.1. The van der Waals surface area contributed by atoms with Crippen molar-refractivity contribution in [3.05, 3.63) is 18.3 Å². The van der Waals surface area contributed by atoms with E-state index < -0.39 is 0 Å².